The Hall–Kier alpha value is -5.15. The molecule has 1 amide bonds. The quantitative estimate of drug-likeness (QED) is 0.123. The highest BCUT2D eigenvalue weighted by Crippen LogP contribution is 2.45. The van der Waals surface area contributed by atoms with Crippen molar-refractivity contribution in [3.05, 3.63) is 119 Å². The van der Waals surface area contributed by atoms with E-state index in [0.717, 1.165) is 21.6 Å². The van der Waals surface area contributed by atoms with Crippen LogP contribution in [-0.4, -0.2) is 35.0 Å². The highest BCUT2D eigenvalue weighted by atomic mass is 32.1. The van der Waals surface area contributed by atoms with Crippen LogP contribution in [0.2, 0.25) is 0 Å². The Kier molecular flexibility index (Phi) is 7.02. The van der Waals surface area contributed by atoms with E-state index in [4.69, 9.17) is 19.2 Å². The number of nitrogens with zero attached hydrogens (tertiary/aromatic N) is 2. The van der Waals surface area contributed by atoms with E-state index in [0.29, 0.717) is 46.3 Å². The van der Waals surface area contributed by atoms with Gasteiger partial charge in [0.05, 0.1) is 28.9 Å². The molecule has 1 saturated heterocycles. The Morgan fingerprint density at radius 2 is 1.77 bits per heavy atom. The number of ketones is 1. The summed E-state index contributed by atoms with van der Waals surface area (Å²) in [7, 11) is 1.58. The van der Waals surface area contributed by atoms with Crippen LogP contribution in [0.15, 0.2) is 96.6 Å². The first-order valence-corrected chi connectivity index (χ1v) is 15.0. The number of hydrogen-bond acceptors (Lipinski definition) is 8. The second kappa shape index (κ2) is 11.2. The van der Waals surface area contributed by atoms with Crippen LogP contribution in [0.3, 0.4) is 0 Å². The van der Waals surface area contributed by atoms with Gasteiger partial charge in [-0.05, 0) is 72.1 Å². The van der Waals surface area contributed by atoms with E-state index < -0.39 is 17.7 Å². The number of rotatable bonds is 7. The van der Waals surface area contributed by atoms with Gasteiger partial charge in [0, 0.05) is 12.0 Å². The second-order valence-corrected chi connectivity index (χ2v) is 11.8. The minimum Gasteiger partial charge on any atom is -0.507 e. The lowest BCUT2D eigenvalue weighted by molar-refractivity contribution is -0.132. The molecule has 5 aromatic rings. The maximum atomic E-state index is 13.7. The summed E-state index contributed by atoms with van der Waals surface area (Å²) < 4.78 is 18.0. The van der Waals surface area contributed by atoms with Crippen LogP contribution in [0.4, 0.5) is 5.13 Å². The number of carbonyl (C=O) groups is 2. The van der Waals surface area contributed by atoms with Crippen molar-refractivity contribution in [2.45, 2.75) is 32.1 Å². The highest BCUT2D eigenvalue weighted by molar-refractivity contribution is 7.22. The molecule has 2 atom stereocenters. The Labute approximate surface area is 257 Å². The molecule has 0 unspecified atom stereocenters. The van der Waals surface area contributed by atoms with Gasteiger partial charge in [0.15, 0.2) is 5.13 Å². The normalized spacial score (nSPS) is 18.8. The second-order valence-electron chi connectivity index (χ2n) is 10.8. The first kappa shape index (κ1) is 27.7. The van der Waals surface area contributed by atoms with Crippen LogP contribution in [0.1, 0.15) is 35.2 Å². The van der Waals surface area contributed by atoms with Gasteiger partial charge in [-0.1, -0.05) is 53.8 Å². The van der Waals surface area contributed by atoms with Crippen molar-refractivity contribution < 1.29 is 28.9 Å². The number of anilines is 1. The molecule has 0 aliphatic carbocycles. The fourth-order valence-corrected chi connectivity index (χ4v) is 6.70. The number of aliphatic hydroxyl groups is 1. The summed E-state index contributed by atoms with van der Waals surface area (Å²) in [4.78, 5) is 33.5. The lowest BCUT2D eigenvalue weighted by atomic mass is 9.94. The lowest BCUT2D eigenvalue weighted by Crippen LogP contribution is -2.29. The van der Waals surface area contributed by atoms with Gasteiger partial charge in [0.2, 0.25) is 0 Å². The van der Waals surface area contributed by atoms with Gasteiger partial charge in [-0.15, -0.1) is 0 Å². The third kappa shape index (κ3) is 4.95. The molecule has 7 rings (SSSR count). The minimum atomic E-state index is -0.913. The van der Waals surface area contributed by atoms with E-state index in [1.54, 1.807) is 37.4 Å². The molecule has 2 aliphatic heterocycles. The first-order valence-electron chi connectivity index (χ1n) is 14.2. The van der Waals surface area contributed by atoms with Crippen molar-refractivity contribution in [1.29, 1.82) is 0 Å². The van der Waals surface area contributed by atoms with Gasteiger partial charge >= 0.3 is 5.91 Å². The Bertz CT molecular complexity index is 1930. The van der Waals surface area contributed by atoms with Crippen molar-refractivity contribution in [2.75, 3.05) is 12.0 Å². The van der Waals surface area contributed by atoms with Gasteiger partial charge in [-0.2, -0.15) is 0 Å². The third-order valence-electron chi connectivity index (χ3n) is 7.85. The van der Waals surface area contributed by atoms with Crippen LogP contribution in [-0.2, 0) is 22.6 Å². The van der Waals surface area contributed by atoms with Crippen LogP contribution in [0.5, 0.6) is 17.2 Å². The Balaban J connectivity index is 1.31. The number of ether oxygens (including phenoxy) is 3. The molecular formula is C35H28N2O6S. The van der Waals surface area contributed by atoms with Gasteiger partial charge in [-0.3, -0.25) is 14.5 Å². The number of amides is 1. The molecule has 1 aromatic heterocycles. The van der Waals surface area contributed by atoms with Crippen molar-refractivity contribution in [2.24, 2.45) is 0 Å². The van der Waals surface area contributed by atoms with E-state index in [-0.39, 0.29) is 17.4 Å². The van der Waals surface area contributed by atoms with Crippen molar-refractivity contribution in [3.8, 4) is 17.2 Å². The molecule has 44 heavy (non-hydrogen) atoms. The smallest absolute Gasteiger partial charge is 0.301 e. The fraction of sp³-hybridized carbons (Fsp3) is 0.171. The van der Waals surface area contributed by atoms with Crippen molar-refractivity contribution in [3.63, 3.8) is 0 Å². The monoisotopic (exact) mass is 604 g/mol. The summed E-state index contributed by atoms with van der Waals surface area (Å²) in [6.07, 6.45) is 0.710. The standard InChI is InChI=1S/C35H28N2O6S/c1-20-16-24-17-23(10-15-28(24)43-20)32(38)30-31(22-8-11-25(12-9-22)42-19-21-6-4-3-5-7-21)37(34(40)33(30)39)35-36-27-14-13-26(41-2)18-29(27)44-35/h3-15,17-18,20,31,38H,16,19H2,1-2H3/t20-,31+/m1/s1. The SMILES string of the molecule is COc1ccc2nc(N3C(=O)C(=O)C(=C(O)c4ccc5c(c4)C[C@@H](C)O5)[C@@H]3c3ccc(OCc4ccccc4)cc3)sc2c1. The number of methoxy groups -OCH3 is 1. The molecule has 0 bridgehead atoms. The molecule has 9 heteroatoms. The van der Waals surface area contributed by atoms with Gasteiger partial charge < -0.3 is 19.3 Å². The molecule has 1 fully saturated rings. The average molecular weight is 605 g/mol. The zero-order valence-corrected chi connectivity index (χ0v) is 24.8. The number of benzene rings is 4. The van der Waals surface area contributed by atoms with Crippen molar-refractivity contribution >= 4 is 44.1 Å². The summed E-state index contributed by atoms with van der Waals surface area (Å²) in [6.45, 7) is 2.38. The fourth-order valence-electron chi connectivity index (χ4n) is 5.68. The molecule has 1 N–H and O–H groups in total. The first-order chi connectivity index (χ1) is 21.4. The number of thiazole rings is 1. The molecule has 8 nitrogen and oxygen atoms in total. The van der Waals surface area contributed by atoms with Crippen molar-refractivity contribution in [1.82, 2.24) is 4.98 Å². The maximum Gasteiger partial charge on any atom is 0.301 e. The molecule has 0 spiro atoms. The van der Waals surface area contributed by atoms with Crippen LogP contribution < -0.4 is 19.1 Å². The summed E-state index contributed by atoms with van der Waals surface area (Å²) in [6, 6.07) is 26.9. The number of fused-ring (bicyclic) bond motifs is 2. The molecule has 4 aromatic carbocycles. The Morgan fingerprint density at radius 3 is 2.55 bits per heavy atom. The van der Waals surface area contributed by atoms with E-state index in [2.05, 4.69) is 0 Å². The van der Waals surface area contributed by atoms with Gasteiger partial charge in [-0.25, -0.2) is 4.98 Å². The van der Waals surface area contributed by atoms with E-state index >= 15 is 0 Å². The van der Waals surface area contributed by atoms with Gasteiger partial charge in [0.1, 0.15) is 35.7 Å². The predicted molar refractivity (Wildman–Crippen MR) is 168 cm³/mol. The topological polar surface area (TPSA) is 98.2 Å². The van der Waals surface area contributed by atoms with Gasteiger partial charge in [0.25, 0.3) is 5.78 Å². The van der Waals surface area contributed by atoms with E-state index in [1.807, 2.05) is 67.6 Å². The largest absolute Gasteiger partial charge is 0.507 e. The molecule has 2 aliphatic rings. The van der Waals surface area contributed by atoms with E-state index in [9.17, 15) is 14.7 Å². The molecule has 220 valence electrons. The number of carbonyl (C=O) groups excluding carboxylic acids is 2. The molecule has 0 radical (unpaired) electrons. The number of Topliss-reactive ketones (excluding diaryl/α,β-unsaturated/α-hetero) is 1. The number of aliphatic hydroxyl groups excluding tert-OH is 1. The maximum absolute atomic E-state index is 13.7. The predicted octanol–water partition coefficient (Wildman–Crippen LogP) is 6.83. The summed E-state index contributed by atoms with van der Waals surface area (Å²) in [5, 5.41) is 12.0. The highest BCUT2D eigenvalue weighted by Gasteiger charge is 2.48. The zero-order valence-electron chi connectivity index (χ0n) is 24.0. The molecular weight excluding hydrogens is 576 g/mol. The van der Waals surface area contributed by atoms with Crippen LogP contribution in [0.25, 0.3) is 16.0 Å². The summed E-state index contributed by atoms with van der Waals surface area (Å²) >= 11 is 1.28. The lowest BCUT2D eigenvalue weighted by Gasteiger charge is -2.23. The van der Waals surface area contributed by atoms with E-state index in [1.165, 1.54) is 16.2 Å². The Morgan fingerprint density at radius 1 is 1.00 bits per heavy atom. The van der Waals surface area contributed by atoms with Crippen LogP contribution >= 0.6 is 11.3 Å². The zero-order chi connectivity index (χ0) is 30.4. The molecule has 3 heterocycles. The molecule has 0 saturated carbocycles. The average Bonchev–Trinajstić information content (AvgIpc) is 3.72. The third-order valence-corrected chi connectivity index (χ3v) is 8.87. The van der Waals surface area contributed by atoms with Crippen LogP contribution in [0, 0.1) is 0 Å². The summed E-state index contributed by atoms with van der Waals surface area (Å²) in [5.74, 6) is 0.262. The minimum absolute atomic E-state index is 0.00305. The number of aromatic nitrogens is 1. The summed E-state index contributed by atoms with van der Waals surface area (Å²) in [5.41, 5.74) is 3.72. The number of hydrogen-bond donors (Lipinski definition) is 1.